The number of carbonyl (C=O) groups excluding carboxylic acids is 2. The molecule has 3 N–H and O–H groups in total. The van der Waals surface area contributed by atoms with Crippen LogP contribution in [0.5, 0.6) is 0 Å². The highest BCUT2D eigenvalue weighted by Gasteiger charge is 2.24. The van der Waals surface area contributed by atoms with Crippen molar-refractivity contribution in [1.82, 2.24) is 4.90 Å². The molecule has 1 aromatic rings. The van der Waals surface area contributed by atoms with E-state index in [1.54, 1.807) is 31.2 Å². The van der Waals surface area contributed by atoms with Crippen LogP contribution in [0.15, 0.2) is 24.3 Å². The van der Waals surface area contributed by atoms with E-state index in [-0.39, 0.29) is 17.8 Å². The largest absolute Gasteiger partial charge is 0.462 e. The van der Waals surface area contributed by atoms with Crippen LogP contribution in [-0.2, 0) is 9.53 Å². The summed E-state index contributed by atoms with van der Waals surface area (Å²) in [7, 11) is 0. The molecule has 1 aliphatic heterocycles. The number of rotatable bonds is 4. The molecule has 1 amide bonds. The lowest BCUT2D eigenvalue weighted by Gasteiger charge is -2.32. The van der Waals surface area contributed by atoms with Crippen molar-refractivity contribution in [3.8, 4) is 0 Å². The Hall–Kier alpha value is -2.15. The second-order valence-corrected chi connectivity index (χ2v) is 5.78. The van der Waals surface area contributed by atoms with Crippen molar-refractivity contribution < 1.29 is 14.3 Å². The van der Waals surface area contributed by atoms with E-state index in [9.17, 15) is 9.59 Å². The van der Waals surface area contributed by atoms with Crippen molar-refractivity contribution >= 4 is 34.9 Å². The van der Waals surface area contributed by atoms with Gasteiger partial charge in [0.15, 0.2) is 5.11 Å². The normalized spacial score (nSPS) is 15.1. The van der Waals surface area contributed by atoms with Crippen molar-refractivity contribution in [2.45, 2.75) is 19.8 Å². The molecule has 0 aromatic heterocycles. The maximum Gasteiger partial charge on any atom is 0.338 e. The molecule has 0 atom stereocenters. The van der Waals surface area contributed by atoms with Gasteiger partial charge < -0.3 is 20.7 Å². The van der Waals surface area contributed by atoms with Gasteiger partial charge in [0.2, 0.25) is 5.91 Å². The molecule has 1 aliphatic rings. The van der Waals surface area contributed by atoms with E-state index >= 15 is 0 Å². The third kappa shape index (κ3) is 4.66. The molecule has 0 saturated carbocycles. The standard InChI is InChI=1S/C16H21N3O3S/c1-2-22-15(21)12-3-5-13(6-4-12)18-16(23)19-9-7-11(8-10-19)14(17)20/h3-6,11H,2,7-10H2,1H3,(H2,17,20)(H,18,23). The van der Waals surface area contributed by atoms with Crippen LogP contribution >= 0.6 is 12.2 Å². The second-order valence-electron chi connectivity index (χ2n) is 5.39. The minimum atomic E-state index is -0.338. The van der Waals surface area contributed by atoms with Gasteiger partial charge in [-0.25, -0.2) is 4.79 Å². The molecule has 1 heterocycles. The molecule has 6 nitrogen and oxygen atoms in total. The zero-order valence-corrected chi connectivity index (χ0v) is 13.9. The lowest BCUT2D eigenvalue weighted by molar-refractivity contribution is -0.122. The fourth-order valence-electron chi connectivity index (χ4n) is 2.47. The first-order chi connectivity index (χ1) is 11.0. The first-order valence-electron chi connectivity index (χ1n) is 7.63. The van der Waals surface area contributed by atoms with Gasteiger partial charge in [0.25, 0.3) is 0 Å². The Morgan fingerprint density at radius 2 is 1.91 bits per heavy atom. The van der Waals surface area contributed by atoms with Gasteiger partial charge in [-0.05, 0) is 56.2 Å². The van der Waals surface area contributed by atoms with Crippen LogP contribution in [0.1, 0.15) is 30.1 Å². The van der Waals surface area contributed by atoms with Crippen LogP contribution in [-0.4, -0.2) is 41.6 Å². The summed E-state index contributed by atoms with van der Waals surface area (Å²) >= 11 is 5.39. The number of nitrogens with two attached hydrogens (primary N) is 1. The molecule has 0 bridgehead atoms. The summed E-state index contributed by atoms with van der Waals surface area (Å²) in [6, 6.07) is 6.97. The Labute approximate surface area is 141 Å². The molecule has 1 fully saturated rings. The number of carbonyl (C=O) groups is 2. The summed E-state index contributed by atoms with van der Waals surface area (Å²) in [5.41, 5.74) is 6.64. The summed E-state index contributed by atoms with van der Waals surface area (Å²) in [6.45, 7) is 3.54. The molecule has 2 rings (SSSR count). The molecule has 7 heteroatoms. The smallest absolute Gasteiger partial charge is 0.338 e. The summed E-state index contributed by atoms with van der Waals surface area (Å²) in [5.74, 6) is -0.633. The van der Waals surface area contributed by atoms with Gasteiger partial charge >= 0.3 is 5.97 Å². The number of benzene rings is 1. The van der Waals surface area contributed by atoms with Gasteiger partial charge in [0.1, 0.15) is 0 Å². The van der Waals surface area contributed by atoms with E-state index in [0.717, 1.165) is 18.5 Å². The molecule has 0 unspecified atom stereocenters. The molecule has 0 aliphatic carbocycles. The molecule has 1 aromatic carbocycles. The average Bonchev–Trinajstić information content (AvgIpc) is 2.55. The Balaban J connectivity index is 1.88. The monoisotopic (exact) mass is 335 g/mol. The van der Waals surface area contributed by atoms with Crippen LogP contribution in [0.25, 0.3) is 0 Å². The number of esters is 1. The quantitative estimate of drug-likeness (QED) is 0.644. The van der Waals surface area contributed by atoms with Crippen LogP contribution in [0.2, 0.25) is 0 Å². The summed E-state index contributed by atoms with van der Waals surface area (Å²) in [5, 5.41) is 3.75. The van der Waals surface area contributed by atoms with Crippen molar-refractivity contribution in [2.75, 3.05) is 25.0 Å². The molecule has 23 heavy (non-hydrogen) atoms. The number of anilines is 1. The molecule has 0 spiro atoms. The second kappa shape index (κ2) is 7.92. The number of primary amides is 1. The fraction of sp³-hybridized carbons (Fsp3) is 0.438. The first-order valence-corrected chi connectivity index (χ1v) is 8.04. The van der Waals surface area contributed by atoms with Gasteiger partial charge in [-0.1, -0.05) is 0 Å². The third-order valence-electron chi connectivity index (χ3n) is 3.83. The fourth-order valence-corrected chi connectivity index (χ4v) is 2.77. The van der Waals surface area contributed by atoms with Gasteiger partial charge in [0.05, 0.1) is 12.2 Å². The van der Waals surface area contributed by atoms with Gasteiger partial charge in [-0.3, -0.25) is 4.79 Å². The van der Waals surface area contributed by atoms with Gasteiger partial charge in [-0.2, -0.15) is 0 Å². The molecular weight excluding hydrogens is 314 g/mol. The molecular formula is C16H21N3O3S. The minimum absolute atomic E-state index is 0.0575. The predicted octanol–water partition coefficient (Wildman–Crippen LogP) is 1.76. The van der Waals surface area contributed by atoms with E-state index in [4.69, 9.17) is 22.7 Å². The highest BCUT2D eigenvalue weighted by molar-refractivity contribution is 7.80. The molecule has 0 radical (unpaired) electrons. The molecule has 124 valence electrons. The van der Waals surface area contributed by atoms with E-state index in [1.165, 1.54) is 0 Å². The lowest BCUT2D eigenvalue weighted by atomic mass is 9.97. The number of hydrogen-bond acceptors (Lipinski definition) is 4. The Kier molecular flexibility index (Phi) is 5.92. The van der Waals surface area contributed by atoms with Crippen molar-refractivity contribution in [1.29, 1.82) is 0 Å². The number of likely N-dealkylation sites (tertiary alicyclic amines) is 1. The Bertz CT molecular complexity index is 581. The summed E-state index contributed by atoms with van der Waals surface area (Å²) < 4.78 is 4.94. The topological polar surface area (TPSA) is 84.7 Å². The Morgan fingerprint density at radius 1 is 1.30 bits per heavy atom. The highest BCUT2D eigenvalue weighted by Crippen LogP contribution is 2.18. The van der Waals surface area contributed by atoms with Crippen LogP contribution in [0, 0.1) is 5.92 Å². The third-order valence-corrected chi connectivity index (χ3v) is 4.19. The number of amides is 1. The number of nitrogens with one attached hydrogen (secondary N) is 1. The van der Waals surface area contributed by atoms with E-state index < -0.39 is 0 Å². The minimum Gasteiger partial charge on any atom is -0.462 e. The van der Waals surface area contributed by atoms with Crippen LogP contribution in [0.4, 0.5) is 5.69 Å². The van der Waals surface area contributed by atoms with Crippen LogP contribution in [0.3, 0.4) is 0 Å². The maximum atomic E-state index is 11.6. The van der Waals surface area contributed by atoms with E-state index in [0.29, 0.717) is 30.4 Å². The Morgan fingerprint density at radius 3 is 2.43 bits per heavy atom. The van der Waals surface area contributed by atoms with Gasteiger partial charge in [0, 0.05) is 24.7 Å². The van der Waals surface area contributed by atoms with E-state index in [2.05, 4.69) is 5.32 Å². The van der Waals surface area contributed by atoms with Crippen LogP contribution < -0.4 is 11.1 Å². The number of ether oxygens (including phenoxy) is 1. The van der Waals surface area contributed by atoms with Crippen molar-refractivity contribution in [3.05, 3.63) is 29.8 Å². The first kappa shape index (κ1) is 17.2. The number of hydrogen-bond donors (Lipinski definition) is 2. The SMILES string of the molecule is CCOC(=O)c1ccc(NC(=S)N2CCC(C(N)=O)CC2)cc1. The highest BCUT2D eigenvalue weighted by atomic mass is 32.1. The average molecular weight is 335 g/mol. The van der Waals surface area contributed by atoms with Gasteiger partial charge in [-0.15, -0.1) is 0 Å². The lowest BCUT2D eigenvalue weighted by Crippen LogP contribution is -2.43. The molecule has 1 saturated heterocycles. The number of nitrogens with zero attached hydrogens (tertiary/aromatic N) is 1. The summed E-state index contributed by atoms with van der Waals surface area (Å²) in [4.78, 5) is 24.8. The number of thiocarbonyl (C=S) groups is 1. The maximum absolute atomic E-state index is 11.6. The zero-order chi connectivity index (χ0) is 16.8. The van der Waals surface area contributed by atoms with E-state index in [1.807, 2.05) is 4.90 Å². The number of piperidine rings is 1. The zero-order valence-electron chi connectivity index (χ0n) is 13.1. The summed E-state index contributed by atoms with van der Waals surface area (Å²) in [6.07, 6.45) is 1.44. The predicted molar refractivity (Wildman–Crippen MR) is 92.1 cm³/mol. The van der Waals surface area contributed by atoms with Crippen molar-refractivity contribution in [3.63, 3.8) is 0 Å². The van der Waals surface area contributed by atoms with Crippen molar-refractivity contribution in [2.24, 2.45) is 11.7 Å².